The van der Waals surface area contributed by atoms with Crippen molar-refractivity contribution in [2.45, 2.75) is 13.8 Å². The first-order valence-electron chi connectivity index (χ1n) is 8.73. The van der Waals surface area contributed by atoms with Crippen LogP contribution in [0.4, 0.5) is 0 Å². The average molecular weight is 374 g/mol. The van der Waals surface area contributed by atoms with E-state index in [-0.39, 0.29) is 12.4 Å². The van der Waals surface area contributed by atoms with Gasteiger partial charge in [0.05, 0.1) is 5.69 Å². The molecule has 0 aliphatic heterocycles. The van der Waals surface area contributed by atoms with Crippen molar-refractivity contribution in [1.29, 1.82) is 0 Å². The molecule has 1 aromatic carbocycles. The fraction of sp³-hybridized carbons (Fsp3) is 0.150. The van der Waals surface area contributed by atoms with Gasteiger partial charge in [-0.2, -0.15) is 0 Å². The summed E-state index contributed by atoms with van der Waals surface area (Å²) in [5.41, 5.74) is 3.16. The molecular formula is C20H18N6O2. The van der Waals surface area contributed by atoms with Gasteiger partial charge in [0.1, 0.15) is 17.9 Å². The quantitative estimate of drug-likeness (QED) is 0.482. The van der Waals surface area contributed by atoms with E-state index >= 15 is 0 Å². The minimum absolute atomic E-state index is 0.0639. The summed E-state index contributed by atoms with van der Waals surface area (Å²) < 4.78 is 9.20. The third-order valence-electron chi connectivity index (χ3n) is 4.41. The second kappa shape index (κ2) is 7.43. The minimum atomic E-state index is -0.0943. The largest absolute Gasteiger partial charge is 0.485 e. The number of hydrogen-bond acceptors (Lipinski definition) is 6. The summed E-state index contributed by atoms with van der Waals surface area (Å²) in [4.78, 5) is 17.1. The van der Waals surface area contributed by atoms with Crippen LogP contribution in [-0.2, 0) is 0 Å². The Morgan fingerprint density at radius 3 is 2.75 bits per heavy atom. The molecule has 4 aromatic rings. The molecule has 0 radical (unpaired) electrons. The number of Topliss-reactive ketones (excluding diaryl/α,β-unsaturated/α-hetero) is 1. The highest BCUT2D eigenvalue weighted by atomic mass is 16.5. The highest BCUT2D eigenvalue weighted by Gasteiger charge is 2.17. The van der Waals surface area contributed by atoms with Crippen LogP contribution in [0.25, 0.3) is 11.5 Å². The highest BCUT2D eigenvalue weighted by Crippen LogP contribution is 2.21. The number of nitrogens with zero attached hydrogens (tertiary/aromatic N) is 6. The van der Waals surface area contributed by atoms with Crippen molar-refractivity contribution in [3.05, 3.63) is 78.0 Å². The molecule has 140 valence electrons. The predicted octanol–water partition coefficient (Wildman–Crippen LogP) is 2.73. The summed E-state index contributed by atoms with van der Waals surface area (Å²) in [5, 5.41) is 11.1. The number of rotatable bonds is 6. The molecular weight excluding hydrogens is 356 g/mol. The average Bonchev–Trinajstić information content (AvgIpc) is 3.35. The van der Waals surface area contributed by atoms with Gasteiger partial charge in [0, 0.05) is 29.2 Å². The number of ether oxygens (including phenoxy) is 1. The Labute approximate surface area is 161 Å². The molecule has 4 rings (SSSR count). The molecule has 0 saturated carbocycles. The monoisotopic (exact) mass is 374 g/mol. The number of tetrazole rings is 1. The van der Waals surface area contributed by atoms with Gasteiger partial charge in [-0.3, -0.25) is 4.79 Å². The van der Waals surface area contributed by atoms with Crippen LogP contribution in [0, 0.1) is 13.8 Å². The minimum Gasteiger partial charge on any atom is -0.485 e. The Balaban J connectivity index is 1.52. The number of carbonyl (C=O) groups excluding carboxylic acids is 1. The van der Waals surface area contributed by atoms with E-state index < -0.39 is 0 Å². The Kier molecular flexibility index (Phi) is 4.67. The SMILES string of the molecule is Cc1cc(C(=O)COc2cccc(-n3cnnn3)c2)c(C)n1-c1ccccn1. The Bertz CT molecular complexity index is 1100. The van der Waals surface area contributed by atoms with Crippen molar-refractivity contribution in [3.63, 3.8) is 0 Å². The normalized spacial score (nSPS) is 10.8. The maximum absolute atomic E-state index is 12.8. The molecule has 0 atom stereocenters. The van der Waals surface area contributed by atoms with E-state index in [1.807, 2.05) is 54.8 Å². The maximum Gasteiger partial charge on any atom is 0.202 e. The van der Waals surface area contributed by atoms with Crippen LogP contribution in [-0.4, -0.2) is 42.1 Å². The first-order chi connectivity index (χ1) is 13.6. The summed E-state index contributed by atoms with van der Waals surface area (Å²) in [6.45, 7) is 3.80. The molecule has 28 heavy (non-hydrogen) atoms. The van der Waals surface area contributed by atoms with Crippen LogP contribution in [0.15, 0.2) is 61.1 Å². The first-order valence-corrected chi connectivity index (χ1v) is 8.73. The number of pyridine rings is 1. The summed E-state index contributed by atoms with van der Waals surface area (Å²) >= 11 is 0. The molecule has 0 aliphatic carbocycles. The van der Waals surface area contributed by atoms with Crippen LogP contribution >= 0.6 is 0 Å². The third-order valence-corrected chi connectivity index (χ3v) is 4.41. The van der Waals surface area contributed by atoms with Gasteiger partial charge >= 0.3 is 0 Å². The number of carbonyl (C=O) groups is 1. The van der Waals surface area contributed by atoms with Gasteiger partial charge in [-0.25, -0.2) is 9.67 Å². The van der Waals surface area contributed by atoms with Crippen molar-refractivity contribution in [3.8, 4) is 17.3 Å². The van der Waals surface area contributed by atoms with Crippen LogP contribution < -0.4 is 4.74 Å². The Morgan fingerprint density at radius 2 is 2.00 bits per heavy atom. The third kappa shape index (κ3) is 3.39. The van der Waals surface area contributed by atoms with E-state index in [0.29, 0.717) is 11.3 Å². The number of benzene rings is 1. The van der Waals surface area contributed by atoms with E-state index in [1.165, 1.54) is 11.0 Å². The fourth-order valence-electron chi connectivity index (χ4n) is 3.11. The van der Waals surface area contributed by atoms with E-state index in [2.05, 4.69) is 20.5 Å². The van der Waals surface area contributed by atoms with Crippen molar-refractivity contribution >= 4 is 5.78 Å². The molecule has 0 unspecified atom stereocenters. The van der Waals surface area contributed by atoms with Gasteiger partial charge in [-0.15, -0.1) is 5.10 Å². The van der Waals surface area contributed by atoms with Gasteiger partial charge in [0.2, 0.25) is 5.78 Å². The van der Waals surface area contributed by atoms with Crippen molar-refractivity contribution in [2.24, 2.45) is 0 Å². The van der Waals surface area contributed by atoms with E-state index in [9.17, 15) is 4.79 Å². The van der Waals surface area contributed by atoms with Crippen LogP contribution in [0.5, 0.6) is 5.75 Å². The standard InChI is InChI=1S/C20H18N6O2/c1-14-10-18(15(2)26(14)20-8-3-4-9-21-20)19(27)12-28-17-7-5-6-16(11-17)25-13-22-23-24-25/h3-11,13H,12H2,1-2H3. The van der Waals surface area contributed by atoms with Crippen molar-refractivity contribution < 1.29 is 9.53 Å². The molecule has 8 nitrogen and oxygen atoms in total. The lowest BCUT2D eigenvalue weighted by atomic mass is 10.1. The van der Waals surface area contributed by atoms with Crippen LogP contribution in [0.2, 0.25) is 0 Å². The van der Waals surface area contributed by atoms with E-state index in [0.717, 1.165) is 22.9 Å². The molecule has 3 aromatic heterocycles. The zero-order valence-corrected chi connectivity index (χ0v) is 15.5. The number of aryl methyl sites for hydroxylation is 1. The molecule has 8 heteroatoms. The summed E-state index contributed by atoms with van der Waals surface area (Å²) in [6, 6.07) is 14.8. The lowest BCUT2D eigenvalue weighted by molar-refractivity contribution is 0.0921. The maximum atomic E-state index is 12.8. The van der Waals surface area contributed by atoms with Crippen molar-refractivity contribution in [1.82, 2.24) is 29.8 Å². The zero-order valence-electron chi connectivity index (χ0n) is 15.5. The molecule has 0 amide bonds. The van der Waals surface area contributed by atoms with E-state index in [1.54, 1.807) is 18.3 Å². The molecule has 0 fully saturated rings. The lowest BCUT2D eigenvalue weighted by Gasteiger charge is -2.09. The van der Waals surface area contributed by atoms with Crippen molar-refractivity contribution in [2.75, 3.05) is 6.61 Å². The Morgan fingerprint density at radius 1 is 1.11 bits per heavy atom. The topological polar surface area (TPSA) is 87.7 Å². The first kappa shape index (κ1) is 17.6. The fourth-order valence-corrected chi connectivity index (χ4v) is 3.11. The number of ketones is 1. The molecule has 0 N–H and O–H groups in total. The number of hydrogen-bond donors (Lipinski definition) is 0. The summed E-state index contributed by atoms with van der Waals surface area (Å²) in [6.07, 6.45) is 3.23. The highest BCUT2D eigenvalue weighted by molar-refractivity contribution is 5.98. The van der Waals surface area contributed by atoms with Gasteiger partial charge in [0.15, 0.2) is 6.61 Å². The van der Waals surface area contributed by atoms with Gasteiger partial charge < -0.3 is 9.30 Å². The van der Waals surface area contributed by atoms with Gasteiger partial charge in [-0.05, 0) is 54.6 Å². The number of aromatic nitrogens is 6. The van der Waals surface area contributed by atoms with Gasteiger partial charge in [-0.1, -0.05) is 12.1 Å². The molecule has 0 saturated heterocycles. The molecule has 0 spiro atoms. The van der Waals surface area contributed by atoms with Gasteiger partial charge in [0.25, 0.3) is 0 Å². The Hall–Kier alpha value is -3.81. The van der Waals surface area contributed by atoms with Crippen LogP contribution in [0.3, 0.4) is 0 Å². The molecule has 3 heterocycles. The molecule has 0 bridgehead atoms. The smallest absolute Gasteiger partial charge is 0.202 e. The van der Waals surface area contributed by atoms with Crippen LogP contribution in [0.1, 0.15) is 21.7 Å². The summed E-state index contributed by atoms with van der Waals surface area (Å²) in [5.74, 6) is 1.26. The second-order valence-corrected chi connectivity index (χ2v) is 6.27. The second-order valence-electron chi connectivity index (χ2n) is 6.27. The predicted molar refractivity (Wildman–Crippen MR) is 102 cm³/mol. The van der Waals surface area contributed by atoms with E-state index in [4.69, 9.17) is 4.74 Å². The molecule has 0 aliphatic rings. The summed E-state index contributed by atoms with van der Waals surface area (Å²) in [7, 11) is 0. The lowest BCUT2D eigenvalue weighted by Crippen LogP contribution is -2.13. The zero-order chi connectivity index (χ0) is 19.5.